The second kappa shape index (κ2) is 3.76. The van der Waals surface area contributed by atoms with E-state index in [4.69, 9.17) is 0 Å². The van der Waals surface area contributed by atoms with Crippen LogP contribution in [-0.2, 0) is 0 Å². The molecule has 0 aliphatic rings. The lowest BCUT2D eigenvalue weighted by molar-refractivity contribution is 1.10. The standard InChI is InChI=1S/C9H12N2/c1-3-5-6-9-10-7-8-11(9)4-2/h4-8H,2-3H2,1H3/b6-5-. The Balaban J connectivity index is 2.84. The average Bonchev–Trinajstić information content (AvgIpc) is 2.47. The van der Waals surface area contributed by atoms with Crippen molar-refractivity contribution in [2.24, 2.45) is 0 Å². The topological polar surface area (TPSA) is 17.8 Å². The highest BCUT2D eigenvalue weighted by atomic mass is 15.0. The van der Waals surface area contributed by atoms with Gasteiger partial charge in [-0.2, -0.15) is 0 Å². The largest absolute Gasteiger partial charge is 0.308 e. The first-order chi connectivity index (χ1) is 5.38. The van der Waals surface area contributed by atoms with Crippen LogP contribution in [0.1, 0.15) is 19.2 Å². The highest BCUT2D eigenvalue weighted by Gasteiger charge is 1.91. The van der Waals surface area contributed by atoms with E-state index in [0.717, 1.165) is 12.2 Å². The SMILES string of the molecule is C=Cn1ccnc1/C=C\CC. The van der Waals surface area contributed by atoms with E-state index in [0.29, 0.717) is 0 Å². The van der Waals surface area contributed by atoms with Gasteiger partial charge in [-0.25, -0.2) is 4.98 Å². The molecule has 0 saturated carbocycles. The molecule has 0 spiro atoms. The van der Waals surface area contributed by atoms with Crippen molar-refractivity contribution in [2.75, 3.05) is 0 Å². The highest BCUT2D eigenvalue weighted by molar-refractivity contribution is 5.44. The summed E-state index contributed by atoms with van der Waals surface area (Å²) in [6, 6.07) is 0. The quantitative estimate of drug-likeness (QED) is 0.643. The minimum absolute atomic E-state index is 0.932. The van der Waals surface area contributed by atoms with Crippen LogP contribution in [0.15, 0.2) is 25.0 Å². The van der Waals surface area contributed by atoms with Gasteiger partial charge in [0.15, 0.2) is 0 Å². The van der Waals surface area contributed by atoms with Crippen molar-refractivity contribution in [3.05, 3.63) is 30.9 Å². The maximum Gasteiger partial charge on any atom is 0.136 e. The molecule has 0 unspecified atom stereocenters. The normalized spacial score (nSPS) is 10.6. The predicted molar refractivity (Wildman–Crippen MR) is 47.9 cm³/mol. The van der Waals surface area contributed by atoms with Crippen molar-refractivity contribution in [1.29, 1.82) is 0 Å². The Kier molecular flexibility index (Phi) is 2.66. The van der Waals surface area contributed by atoms with Crippen LogP contribution in [0.5, 0.6) is 0 Å². The van der Waals surface area contributed by atoms with Gasteiger partial charge in [-0.1, -0.05) is 19.6 Å². The van der Waals surface area contributed by atoms with Gasteiger partial charge in [0, 0.05) is 18.6 Å². The Bertz CT molecular complexity index is 258. The maximum absolute atomic E-state index is 4.13. The van der Waals surface area contributed by atoms with Crippen LogP contribution in [0.3, 0.4) is 0 Å². The third-order valence-electron chi connectivity index (χ3n) is 1.40. The van der Waals surface area contributed by atoms with Crippen LogP contribution in [0, 0.1) is 0 Å². The molecule has 58 valence electrons. The second-order valence-corrected chi connectivity index (χ2v) is 2.19. The van der Waals surface area contributed by atoms with Gasteiger partial charge in [0.1, 0.15) is 5.82 Å². The van der Waals surface area contributed by atoms with Gasteiger partial charge < -0.3 is 4.57 Å². The van der Waals surface area contributed by atoms with E-state index in [1.807, 2.05) is 16.8 Å². The monoisotopic (exact) mass is 148 g/mol. The molecule has 0 amide bonds. The number of nitrogens with zero attached hydrogens (tertiary/aromatic N) is 2. The number of rotatable bonds is 3. The minimum atomic E-state index is 0.932. The first-order valence-electron chi connectivity index (χ1n) is 3.70. The van der Waals surface area contributed by atoms with Crippen molar-refractivity contribution in [1.82, 2.24) is 9.55 Å². The summed E-state index contributed by atoms with van der Waals surface area (Å²) < 4.78 is 1.88. The van der Waals surface area contributed by atoms with E-state index in [2.05, 4.69) is 24.6 Å². The molecular formula is C9H12N2. The number of hydrogen-bond donors (Lipinski definition) is 0. The van der Waals surface area contributed by atoms with Gasteiger partial charge in [-0.15, -0.1) is 0 Å². The molecule has 1 rings (SSSR count). The van der Waals surface area contributed by atoms with E-state index in [1.165, 1.54) is 0 Å². The highest BCUT2D eigenvalue weighted by Crippen LogP contribution is 2.00. The number of hydrogen-bond acceptors (Lipinski definition) is 1. The van der Waals surface area contributed by atoms with E-state index in [-0.39, 0.29) is 0 Å². The van der Waals surface area contributed by atoms with Crippen molar-refractivity contribution in [2.45, 2.75) is 13.3 Å². The van der Waals surface area contributed by atoms with Crippen molar-refractivity contribution < 1.29 is 0 Å². The molecule has 0 fully saturated rings. The lowest BCUT2D eigenvalue weighted by Gasteiger charge is -1.93. The van der Waals surface area contributed by atoms with E-state index >= 15 is 0 Å². The van der Waals surface area contributed by atoms with Gasteiger partial charge in [-0.05, 0) is 12.5 Å². The molecule has 2 nitrogen and oxygen atoms in total. The van der Waals surface area contributed by atoms with Gasteiger partial charge in [0.05, 0.1) is 0 Å². The molecule has 1 aromatic rings. The first kappa shape index (κ1) is 7.79. The van der Waals surface area contributed by atoms with E-state index < -0.39 is 0 Å². The molecule has 0 aromatic carbocycles. The van der Waals surface area contributed by atoms with Gasteiger partial charge in [-0.3, -0.25) is 0 Å². The maximum atomic E-state index is 4.13. The van der Waals surface area contributed by atoms with Crippen LogP contribution in [-0.4, -0.2) is 9.55 Å². The molecular weight excluding hydrogens is 136 g/mol. The molecule has 0 atom stereocenters. The fraction of sp³-hybridized carbons (Fsp3) is 0.222. The molecule has 0 bridgehead atoms. The minimum Gasteiger partial charge on any atom is -0.308 e. The second-order valence-electron chi connectivity index (χ2n) is 2.19. The van der Waals surface area contributed by atoms with Gasteiger partial charge in [0.2, 0.25) is 0 Å². The van der Waals surface area contributed by atoms with Crippen LogP contribution in [0.4, 0.5) is 0 Å². The zero-order valence-corrected chi connectivity index (χ0v) is 6.70. The van der Waals surface area contributed by atoms with Gasteiger partial charge >= 0.3 is 0 Å². The van der Waals surface area contributed by atoms with Crippen molar-refractivity contribution in [3.8, 4) is 0 Å². The summed E-state index contributed by atoms with van der Waals surface area (Å²) >= 11 is 0. The zero-order valence-electron chi connectivity index (χ0n) is 6.70. The molecule has 1 heterocycles. The smallest absolute Gasteiger partial charge is 0.136 e. The van der Waals surface area contributed by atoms with E-state index in [1.54, 1.807) is 12.4 Å². The van der Waals surface area contributed by atoms with Gasteiger partial charge in [0.25, 0.3) is 0 Å². The number of allylic oxidation sites excluding steroid dienone is 1. The third-order valence-corrected chi connectivity index (χ3v) is 1.40. The molecule has 2 heteroatoms. The summed E-state index contributed by atoms with van der Waals surface area (Å²) in [5, 5.41) is 0. The Morgan fingerprint density at radius 1 is 1.73 bits per heavy atom. The molecule has 0 saturated heterocycles. The van der Waals surface area contributed by atoms with Crippen LogP contribution in [0.2, 0.25) is 0 Å². The van der Waals surface area contributed by atoms with Crippen LogP contribution >= 0.6 is 0 Å². The molecule has 0 aliphatic heterocycles. The molecule has 0 radical (unpaired) electrons. The Morgan fingerprint density at radius 2 is 2.55 bits per heavy atom. The number of aromatic nitrogens is 2. The summed E-state index contributed by atoms with van der Waals surface area (Å²) in [6.07, 6.45) is 10.5. The Hall–Kier alpha value is -1.31. The summed E-state index contributed by atoms with van der Waals surface area (Å²) in [5.41, 5.74) is 0. The molecule has 11 heavy (non-hydrogen) atoms. The Morgan fingerprint density at radius 3 is 3.18 bits per heavy atom. The molecule has 0 aliphatic carbocycles. The predicted octanol–water partition coefficient (Wildman–Crippen LogP) is 2.41. The summed E-state index contributed by atoms with van der Waals surface area (Å²) in [4.78, 5) is 4.13. The lowest BCUT2D eigenvalue weighted by atomic mass is 10.4. The summed E-state index contributed by atoms with van der Waals surface area (Å²) in [5.74, 6) is 0.932. The van der Waals surface area contributed by atoms with Crippen LogP contribution < -0.4 is 0 Å². The average molecular weight is 148 g/mol. The van der Waals surface area contributed by atoms with Crippen molar-refractivity contribution in [3.63, 3.8) is 0 Å². The fourth-order valence-corrected chi connectivity index (χ4v) is 0.831. The van der Waals surface area contributed by atoms with Crippen molar-refractivity contribution >= 4 is 12.3 Å². The summed E-state index contributed by atoms with van der Waals surface area (Å²) in [6.45, 7) is 5.76. The number of imidazole rings is 1. The third kappa shape index (κ3) is 1.80. The summed E-state index contributed by atoms with van der Waals surface area (Å²) in [7, 11) is 0. The van der Waals surface area contributed by atoms with Crippen LogP contribution in [0.25, 0.3) is 12.3 Å². The van der Waals surface area contributed by atoms with E-state index in [9.17, 15) is 0 Å². The lowest BCUT2D eigenvalue weighted by Crippen LogP contribution is -1.86. The fourth-order valence-electron chi connectivity index (χ4n) is 0.831. The molecule has 0 N–H and O–H groups in total. The first-order valence-corrected chi connectivity index (χ1v) is 3.70. The zero-order chi connectivity index (χ0) is 8.10. The molecule has 1 aromatic heterocycles. The Labute approximate surface area is 66.9 Å².